The number of non-ortho nitro benzene ring substituents is 1. The van der Waals surface area contributed by atoms with E-state index in [9.17, 15) is 14.9 Å². The van der Waals surface area contributed by atoms with Crippen molar-refractivity contribution < 1.29 is 14.5 Å². The normalized spacial score (nSPS) is 17.1. The first-order valence-corrected chi connectivity index (χ1v) is 7.58. The zero-order chi connectivity index (χ0) is 16.7. The Labute approximate surface area is 138 Å². The van der Waals surface area contributed by atoms with Gasteiger partial charge in [-0.15, -0.1) is 0 Å². The third-order valence-electron chi connectivity index (χ3n) is 3.26. The Morgan fingerprint density at radius 1 is 1.52 bits per heavy atom. The lowest BCUT2D eigenvalue weighted by molar-refractivity contribution is -0.384. The van der Waals surface area contributed by atoms with Crippen LogP contribution in [0.5, 0.6) is 0 Å². The van der Waals surface area contributed by atoms with Crippen molar-refractivity contribution in [3.05, 3.63) is 46.0 Å². The highest BCUT2D eigenvalue weighted by atomic mass is 32.1. The number of nitro benzene ring substituents is 1. The topological polar surface area (TPSA) is 93.5 Å². The predicted octanol–water partition coefficient (Wildman–Crippen LogP) is 1.78. The third-order valence-corrected chi connectivity index (χ3v) is 3.51. The Morgan fingerprint density at radius 2 is 2.35 bits per heavy atom. The van der Waals surface area contributed by atoms with Crippen molar-refractivity contribution in [1.29, 1.82) is 0 Å². The molecule has 1 atom stereocenters. The van der Waals surface area contributed by atoms with Crippen LogP contribution in [0.1, 0.15) is 18.4 Å². The summed E-state index contributed by atoms with van der Waals surface area (Å²) in [5.41, 5.74) is 0.536. The van der Waals surface area contributed by atoms with Crippen LogP contribution < -0.4 is 10.6 Å². The maximum absolute atomic E-state index is 11.8. The van der Waals surface area contributed by atoms with Crippen molar-refractivity contribution >= 4 is 35.0 Å². The number of nitrogens with one attached hydrogen (secondary N) is 2. The molecule has 0 aromatic heterocycles. The summed E-state index contributed by atoms with van der Waals surface area (Å²) in [5, 5.41) is 16.4. The van der Waals surface area contributed by atoms with Crippen LogP contribution in [0.4, 0.5) is 5.69 Å². The maximum Gasteiger partial charge on any atom is 0.270 e. The molecule has 1 aromatic rings. The lowest BCUT2D eigenvalue weighted by Gasteiger charge is -2.12. The van der Waals surface area contributed by atoms with E-state index < -0.39 is 10.8 Å². The van der Waals surface area contributed by atoms with E-state index >= 15 is 0 Å². The van der Waals surface area contributed by atoms with Gasteiger partial charge in [0.2, 0.25) is 5.91 Å². The van der Waals surface area contributed by atoms with E-state index in [0.717, 1.165) is 19.4 Å². The van der Waals surface area contributed by atoms with Gasteiger partial charge in [0, 0.05) is 31.4 Å². The summed E-state index contributed by atoms with van der Waals surface area (Å²) in [6, 6.07) is 6.01. The van der Waals surface area contributed by atoms with Crippen molar-refractivity contribution in [1.82, 2.24) is 10.6 Å². The summed E-state index contributed by atoms with van der Waals surface area (Å²) in [4.78, 5) is 22.0. The van der Waals surface area contributed by atoms with Gasteiger partial charge in [-0.3, -0.25) is 20.2 Å². The summed E-state index contributed by atoms with van der Waals surface area (Å²) in [7, 11) is 0. The van der Waals surface area contributed by atoms with Gasteiger partial charge >= 0.3 is 0 Å². The van der Waals surface area contributed by atoms with E-state index in [1.807, 2.05) is 0 Å². The van der Waals surface area contributed by atoms with Gasteiger partial charge < -0.3 is 10.1 Å². The lowest BCUT2D eigenvalue weighted by atomic mass is 10.2. The number of nitro groups is 1. The first-order valence-electron chi connectivity index (χ1n) is 7.17. The number of carbonyl (C=O) groups is 1. The molecule has 2 N–H and O–H groups in total. The summed E-state index contributed by atoms with van der Waals surface area (Å²) < 4.78 is 5.44. The minimum atomic E-state index is -0.485. The maximum atomic E-state index is 11.8. The van der Waals surface area contributed by atoms with Crippen molar-refractivity contribution in [3.8, 4) is 0 Å². The average Bonchev–Trinajstić information content (AvgIpc) is 3.04. The largest absolute Gasteiger partial charge is 0.376 e. The van der Waals surface area contributed by atoms with Crippen molar-refractivity contribution in [2.45, 2.75) is 18.9 Å². The molecule has 0 spiro atoms. The number of thiocarbonyl (C=S) groups is 1. The molecule has 8 heteroatoms. The van der Waals surface area contributed by atoms with Gasteiger partial charge in [-0.1, -0.05) is 12.1 Å². The number of amides is 1. The fourth-order valence-electron chi connectivity index (χ4n) is 2.12. The summed E-state index contributed by atoms with van der Waals surface area (Å²) >= 11 is 5.03. The number of carbonyl (C=O) groups excluding carboxylic acids is 1. The fraction of sp³-hybridized carbons (Fsp3) is 0.333. The van der Waals surface area contributed by atoms with Crippen LogP contribution in [0.25, 0.3) is 6.08 Å². The molecule has 1 aliphatic heterocycles. The van der Waals surface area contributed by atoms with Crippen LogP contribution in [-0.2, 0) is 9.53 Å². The molecular formula is C15H17N3O4S. The van der Waals surface area contributed by atoms with Gasteiger partial charge in [0.15, 0.2) is 5.11 Å². The standard InChI is InChI=1S/C15H17N3O4S/c19-14(17-15(23)16-10-13-5-2-8-22-13)7-6-11-3-1-4-12(9-11)18(20)21/h1,3-4,6-7,9,13H,2,5,8,10H2,(H2,16,17,19,23)/b7-6+. The Kier molecular flexibility index (Phi) is 6.19. The molecule has 122 valence electrons. The molecule has 0 aliphatic carbocycles. The molecule has 7 nitrogen and oxygen atoms in total. The van der Waals surface area contributed by atoms with E-state index in [0.29, 0.717) is 12.1 Å². The van der Waals surface area contributed by atoms with E-state index in [4.69, 9.17) is 17.0 Å². The Bertz CT molecular complexity index is 627. The zero-order valence-electron chi connectivity index (χ0n) is 12.4. The van der Waals surface area contributed by atoms with E-state index in [1.54, 1.807) is 12.1 Å². The van der Waals surface area contributed by atoms with Crippen LogP contribution in [-0.4, -0.2) is 35.2 Å². The summed E-state index contributed by atoms with van der Waals surface area (Å²) in [6.07, 6.45) is 4.92. The zero-order valence-corrected chi connectivity index (χ0v) is 13.2. The number of ether oxygens (including phenoxy) is 1. The van der Waals surface area contributed by atoms with Crippen LogP contribution in [0.3, 0.4) is 0 Å². The smallest absolute Gasteiger partial charge is 0.270 e. The quantitative estimate of drug-likeness (QED) is 0.369. The van der Waals surface area contributed by atoms with Gasteiger partial charge in [-0.05, 0) is 36.7 Å². The predicted molar refractivity (Wildman–Crippen MR) is 89.8 cm³/mol. The SMILES string of the molecule is O=C(/C=C/c1cccc([N+](=O)[O-])c1)NC(=S)NCC1CCCO1. The molecule has 1 saturated heterocycles. The first kappa shape index (κ1) is 17.0. The molecule has 1 heterocycles. The number of benzene rings is 1. The van der Waals surface area contributed by atoms with Gasteiger partial charge in [-0.2, -0.15) is 0 Å². The number of nitrogens with zero attached hydrogens (tertiary/aromatic N) is 1. The number of hydrogen-bond donors (Lipinski definition) is 2. The average molecular weight is 335 g/mol. The molecule has 1 amide bonds. The molecule has 23 heavy (non-hydrogen) atoms. The second-order valence-corrected chi connectivity index (χ2v) is 5.43. The molecular weight excluding hydrogens is 318 g/mol. The molecule has 0 saturated carbocycles. The number of hydrogen-bond acceptors (Lipinski definition) is 5. The lowest BCUT2D eigenvalue weighted by Crippen LogP contribution is -2.41. The third kappa shape index (κ3) is 5.76. The van der Waals surface area contributed by atoms with E-state index in [-0.39, 0.29) is 16.9 Å². The monoisotopic (exact) mass is 335 g/mol. The fourth-order valence-corrected chi connectivity index (χ4v) is 2.31. The van der Waals surface area contributed by atoms with Crippen molar-refractivity contribution in [2.75, 3.05) is 13.2 Å². The highest BCUT2D eigenvalue weighted by Gasteiger charge is 2.15. The first-order chi connectivity index (χ1) is 11.0. The molecule has 1 unspecified atom stereocenters. The van der Waals surface area contributed by atoms with E-state index in [2.05, 4.69) is 10.6 Å². The highest BCUT2D eigenvalue weighted by Crippen LogP contribution is 2.14. The molecule has 1 aliphatic rings. The molecule has 0 radical (unpaired) electrons. The van der Waals surface area contributed by atoms with Gasteiger partial charge in [0.25, 0.3) is 5.69 Å². The van der Waals surface area contributed by atoms with Crippen LogP contribution >= 0.6 is 12.2 Å². The Hall–Kier alpha value is -2.32. The Morgan fingerprint density at radius 3 is 3.04 bits per heavy atom. The Balaban J connectivity index is 1.80. The van der Waals surface area contributed by atoms with Crippen LogP contribution in [0.15, 0.2) is 30.3 Å². The van der Waals surface area contributed by atoms with Crippen molar-refractivity contribution in [2.24, 2.45) is 0 Å². The molecule has 1 aromatic carbocycles. The summed E-state index contributed by atoms with van der Waals surface area (Å²) in [6.45, 7) is 1.32. The van der Waals surface area contributed by atoms with Gasteiger partial charge in [0.05, 0.1) is 11.0 Å². The molecule has 2 rings (SSSR count). The molecule has 1 fully saturated rings. The van der Waals surface area contributed by atoms with Crippen molar-refractivity contribution in [3.63, 3.8) is 0 Å². The van der Waals surface area contributed by atoms with E-state index in [1.165, 1.54) is 24.3 Å². The van der Waals surface area contributed by atoms with Crippen LogP contribution in [0, 0.1) is 10.1 Å². The second-order valence-electron chi connectivity index (χ2n) is 5.02. The number of rotatable bonds is 5. The van der Waals surface area contributed by atoms with Gasteiger partial charge in [0.1, 0.15) is 0 Å². The minimum Gasteiger partial charge on any atom is -0.376 e. The van der Waals surface area contributed by atoms with Crippen LogP contribution in [0.2, 0.25) is 0 Å². The summed E-state index contributed by atoms with van der Waals surface area (Å²) in [5.74, 6) is -0.402. The second kappa shape index (κ2) is 8.35. The minimum absolute atomic E-state index is 0.0266. The molecule has 0 bridgehead atoms. The van der Waals surface area contributed by atoms with Gasteiger partial charge in [-0.25, -0.2) is 0 Å². The highest BCUT2D eigenvalue weighted by molar-refractivity contribution is 7.80.